The molecule has 0 fully saturated rings. The Morgan fingerprint density at radius 2 is 1.52 bits per heavy atom. The predicted molar refractivity (Wildman–Crippen MR) is 98.5 cm³/mol. The molecule has 130 valence electrons. The van der Waals surface area contributed by atoms with E-state index in [1.807, 2.05) is 0 Å². The molecular formula is C18H8N4O5. The van der Waals surface area contributed by atoms with Crippen LogP contribution in [0.15, 0.2) is 53.3 Å². The number of aromatic nitrogens is 2. The second kappa shape index (κ2) is 4.94. The number of para-hydroxylation sites is 2. The minimum atomic E-state index is -0.622. The molecule has 0 bridgehead atoms. The zero-order valence-corrected chi connectivity index (χ0v) is 13.4. The fourth-order valence-electron chi connectivity index (χ4n) is 3.57. The van der Waals surface area contributed by atoms with Crippen molar-refractivity contribution in [3.8, 4) is 0 Å². The Hall–Kier alpha value is -4.14. The summed E-state index contributed by atoms with van der Waals surface area (Å²) in [4.78, 5) is 39.1. The summed E-state index contributed by atoms with van der Waals surface area (Å²) >= 11 is 0. The highest BCUT2D eigenvalue weighted by atomic mass is 16.6. The van der Waals surface area contributed by atoms with Crippen LogP contribution in [0, 0.1) is 20.2 Å². The van der Waals surface area contributed by atoms with E-state index in [2.05, 4.69) is 4.98 Å². The molecule has 0 amide bonds. The Labute approximate surface area is 148 Å². The minimum Gasteiger partial charge on any atom is -0.268 e. The van der Waals surface area contributed by atoms with Crippen molar-refractivity contribution in [2.75, 3.05) is 0 Å². The molecule has 0 aliphatic carbocycles. The molecule has 5 rings (SSSR count). The highest BCUT2D eigenvalue weighted by molar-refractivity contribution is 6.17. The largest absolute Gasteiger partial charge is 0.270 e. The summed E-state index contributed by atoms with van der Waals surface area (Å²) < 4.78 is 1.35. The highest BCUT2D eigenvalue weighted by Crippen LogP contribution is 2.35. The van der Waals surface area contributed by atoms with Crippen molar-refractivity contribution >= 4 is 49.6 Å². The van der Waals surface area contributed by atoms with Crippen molar-refractivity contribution in [2.45, 2.75) is 0 Å². The summed E-state index contributed by atoms with van der Waals surface area (Å²) in [6.07, 6.45) is 0. The molecule has 9 nitrogen and oxygen atoms in total. The van der Waals surface area contributed by atoms with Crippen molar-refractivity contribution in [3.63, 3.8) is 0 Å². The van der Waals surface area contributed by atoms with Crippen molar-refractivity contribution in [1.82, 2.24) is 9.38 Å². The third kappa shape index (κ3) is 1.93. The lowest BCUT2D eigenvalue weighted by atomic mass is 10.0. The van der Waals surface area contributed by atoms with Crippen LogP contribution in [-0.4, -0.2) is 19.2 Å². The van der Waals surface area contributed by atoms with E-state index in [1.54, 1.807) is 24.3 Å². The lowest BCUT2D eigenvalue weighted by molar-refractivity contribution is -0.385. The van der Waals surface area contributed by atoms with E-state index >= 15 is 0 Å². The third-order valence-electron chi connectivity index (χ3n) is 4.68. The molecule has 0 unspecified atom stereocenters. The molecule has 27 heavy (non-hydrogen) atoms. The Kier molecular flexibility index (Phi) is 2.77. The monoisotopic (exact) mass is 360 g/mol. The highest BCUT2D eigenvalue weighted by Gasteiger charge is 2.22. The number of rotatable bonds is 2. The molecule has 9 heteroatoms. The average molecular weight is 360 g/mol. The van der Waals surface area contributed by atoms with Crippen molar-refractivity contribution in [3.05, 3.63) is 79.1 Å². The van der Waals surface area contributed by atoms with E-state index < -0.39 is 15.4 Å². The summed E-state index contributed by atoms with van der Waals surface area (Å²) in [5.41, 5.74) is 0.407. The minimum absolute atomic E-state index is 0.125. The van der Waals surface area contributed by atoms with Crippen molar-refractivity contribution in [1.29, 1.82) is 0 Å². The maximum absolute atomic E-state index is 13.1. The number of pyridine rings is 1. The summed E-state index contributed by atoms with van der Waals surface area (Å²) in [6.45, 7) is 0. The van der Waals surface area contributed by atoms with Crippen LogP contribution in [0.3, 0.4) is 0 Å². The van der Waals surface area contributed by atoms with Crippen LogP contribution < -0.4 is 5.56 Å². The molecule has 0 atom stereocenters. The van der Waals surface area contributed by atoms with E-state index in [1.165, 1.54) is 28.7 Å². The van der Waals surface area contributed by atoms with Gasteiger partial charge in [0.1, 0.15) is 5.65 Å². The molecule has 2 heterocycles. The van der Waals surface area contributed by atoms with E-state index in [4.69, 9.17) is 0 Å². The Balaban J connectivity index is 2.16. The van der Waals surface area contributed by atoms with Gasteiger partial charge in [-0.05, 0) is 17.5 Å². The Morgan fingerprint density at radius 1 is 0.889 bits per heavy atom. The first-order valence-corrected chi connectivity index (χ1v) is 7.89. The second-order valence-corrected chi connectivity index (χ2v) is 6.16. The van der Waals surface area contributed by atoms with Gasteiger partial charge in [0.15, 0.2) is 0 Å². The summed E-state index contributed by atoms with van der Waals surface area (Å²) in [7, 11) is 0. The SMILES string of the molecule is O=c1c2cc([N+](=O)[O-])cc3cc([N+](=O)[O-])cc(c32)c2nc3ccccc3n12. The van der Waals surface area contributed by atoms with Gasteiger partial charge in [-0.1, -0.05) is 12.1 Å². The molecule has 0 aliphatic rings. The van der Waals surface area contributed by atoms with Gasteiger partial charge in [-0.2, -0.15) is 0 Å². The van der Waals surface area contributed by atoms with Crippen LogP contribution in [0.4, 0.5) is 11.4 Å². The molecule has 0 saturated heterocycles. The Morgan fingerprint density at radius 3 is 2.19 bits per heavy atom. The number of nitro groups is 2. The number of hydrogen-bond donors (Lipinski definition) is 0. The maximum atomic E-state index is 13.1. The van der Waals surface area contributed by atoms with Gasteiger partial charge in [-0.3, -0.25) is 29.4 Å². The number of nitrogens with zero attached hydrogens (tertiary/aromatic N) is 4. The second-order valence-electron chi connectivity index (χ2n) is 6.16. The van der Waals surface area contributed by atoms with Gasteiger partial charge in [0, 0.05) is 35.0 Å². The predicted octanol–water partition coefficient (Wildman–Crippen LogP) is 3.41. The molecule has 0 N–H and O–H groups in total. The number of nitro benzene ring substituents is 2. The van der Waals surface area contributed by atoms with Crippen LogP contribution in [-0.2, 0) is 0 Å². The lowest BCUT2D eigenvalue weighted by Crippen LogP contribution is -2.13. The molecule has 3 aromatic carbocycles. The molecule has 0 saturated carbocycles. The number of benzene rings is 3. The summed E-state index contributed by atoms with van der Waals surface area (Å²) in [5, 5.41) is 23.9. The average Bonchev–Trinajstić information content (AvgIpc) is 3.04. The third-order valence-corrected chi connectivity index (χ3v) is 4.68. The van der Waals surface area contributed by atoms with Gasteiger partial charge in [0.25, 0.3) is 16.9 Å². The first-order valence-electron chi connectivity index (χ1n) is 7.89. The van der Waals surface area contributed by atoms with Crippen LogP contribution in [0.25, 0.3) is 38.2 Å². The van der Waals surface area contributed by atoms with Gasteiger partial charge >= 0.3 is 0 Å². The number of fused-ring (bicyclic) bond motifs is 4. The molecule has 5 aromatic rings. The number of hydrogen-bond acceptors (Lipinski definition) is 6. The quantitative estimate of drug-likeness (QED) is 0.351. The maximum Gasteiger partial charge on any atom is 0.270 e. The van der Waals surface area contributed by atoms with Crippen LogP contribution in [0.1, 0.15) is 0 Å². The fraction of sp³-hybridized carbons (Fsp3) is 0. The van der Waals surface area contributed by atoms with Gasteiger partial charge in [0.2, 0.25) is 0 Å². The van der Waals surface area contributed by atoms with Gasteiger partial charge < -0.3 is 0 Å². The molecule has 0 spiro atoms. The van der Waals surface area contributed by atoms with E-state index in [9.17, 15) is 25.0 Å². The molecular weight excluding hydrogens is 352 g/mol. The topological polar surface area (TPSA) is 121 Å². The number of imidazole rings is 1. The van der Waals surface area contributed by atoms with Gasteiger partial charge in [-0.25, -0.2) is 4.98 Å². The zero-order valence-electron chi connectivity index (χ0n) is 13.4. The standard InChI is InChI=1S/C18H8N4O5/c23-18-13-8-11(22(26)27)6-9-5-10(21(24)25)7-12(16(9)13)17-19-14-3-1-2-4-15(14)20(17)18/h1-8H. The van der Waals surface area contributed by atoms with Crippen LogP contribution >= 0.6 is 0 Å². The lowest BCUT2D eigenvalue weighted by Gasteiger charge is -2.07. The van der Waals surface area contributed by atoms with Crippen LogP contribution in [0.5, 0.6) is 0 Å². The van der Waals surface area contributed by atoms with Gasteiger partial charge in [-0.15, -0.1) is 0 Å². The smallest absolute Gasteiger partial charge is 0.268 e. The van der Waals surface area contributed by atoms with E-state index in [-0.39, 0.29) is 27.8 Å². The first-order chi connectivity index (χ1) is 13.0. The van der Waals surface area contributed by atoms with Crippen molar-refractivity contribution in [2.24, 2.45) is 0 Å². The fourth-order valence-corrected chi connectivity index (χ4v) is 3.57. The summed E-state index contributed by atoms with van der Waals surface area (Å²) in [6, 6.07) is 12.0. The first kappa shape index (κ1) is 15.1. The molecule has 2 aromatic heterocycles. The zero-order chi connectivity index (χ0) is 18.9. The Bertz CT molecular complexity index is 1500. The van der Waals surface area contributed by atoms with Crippen LogP contribution in [0.2, 0.25) is 0 Å². The molecule has 0 radical (unpaired) electrons. The molecule has 0 aliphatic heterocycles. The van der Waals surface area contributed by atoms with E-state index in [0.29, 0.717) is 21.8 Å². The normalized spacial score (nSPS) is 11.7. The van der Waals surface area contributed by atoms with Gasteiger partial charge in [0.05, 0.1) is 26.3 Å². The van der Waals surface area contributed by atoms with E-state index in [0.717, 1.165) is 0 Å². The summed E-state index contributed by atoms with van der Waals surface area (Å²) in [5.74, 6) is 0. The van der Waals surface area contributed by atoms with Crippen molar-refractivity contribution < 1.29 is 9.85 Å². The number of non-ortho nitro benzene ring substituents is 2.